The molecule has 1 aliphatic heterocycles. The maximum absolute atomic E-state index is 12.4. The van der Waals surface area contributed by atoms with Crippen LogP contribution in [0, 0.1) is 0 Å². The van der Waals surface area contributed by atoms with Crippen LogP contribution in [-0.2, 0) is 14.8 Å². The van der Waals surface area contributed by atoms with E-state index in [4.69, 9.17) is 32.7 Å². The summed E-state index contributed by atoms with van der Waals surface area (Å²) in [5, 5.41) is 0.313. The topological polar surface area (TPSA) is 69.1 Å². The number of ether oxygens (including phenoxy) is 2. The molecule has 136 valence electrons. The number of benzene rings is 1. The molecule has 1 aromatic carbocycles. The number of hydrogen-bond acceptors (Lipinski definition) is 4. The standard InChI is InChI=1S/C15H22Cl2N2O4S/c1-2-23-14-10-13(17)15(11-12(14)16)24(20,21)18-4-3-5-19-6-8-22-9-7-19/h10-11,18H,2-9H2,1H3/p+1. The van der Waals surface area contributed by atoms with Crippen LogP contribution in [0.1, 0.15) is 13.3 Å². The number of quaternary nitrogens is 1. The van der Waals surface area contributed by atoms with Crippen molar-refractivity contribution in [3.63, 3.8) is 0 Å². The highest BCUT2D eigenvalue weighted by Crippen LogP contribution is 2.33. The summed E-state index contributed by atoms with van der Waals surface area (Å²) in [6, 6.07) is 2.75. The molecule has 0 atom stereocenters. The predicted octanol–water partition coefficient (Wildman–Crippen LogP) is 0.976. The molecule has 2 rings (SSSR count). The maximum Gasteiger partial charge on any atom is 0.242 e. The van der Waals surface area contributed by atoms with Crippen LogP contribution in [0.15, 0.2) is 17.0 Å². The monoisotopic (exact) mass is 397 g/mol. The molecule has 0 radical (unpaired) electrons. The lowest BCUT2D eigenvalue weighted by Gasteiger charge is -2.23. The Morgan fingerprint density at radius 2 is 1.96 bits per heavy atom. The van der Waals surface area contributed by atoms with Crippen molar-refractivity contribution in [2.24, 2.45) is 0 Å². The van der Waals surface area contributed by atoms with Gasteiger partial charge >= 0.3 is 0 Å². The van der Waals surface area contributed by atoms with Crippen LogP contribution in [0.5, 0.6) is 5.75 Å². The van der Waals surface area contributed by atoms with Gasteiger partial charge in [0.25, 0.3) is 0 Å². The van der Waals surface area contributed by atoms with Crippen LogP contribution in [0.4, 0.5) is 0 Å². The van der Waals surface area contributed by atoms with E-state index in [1.54, 1.807) is 0 Å². The summed E-state index contributed by atoms with van der Waals surface area (Å²) in [6.45, 7) is 6.96. The van der Waals surface area contributed by atoms with Gasteiger partial charge in [-0.15, -0.1) is 0 Å². The zero-order chi connectivity index (χ0) is 17.6. The fourth-order valence-electron chi connectivity index (χ4n) is 2.52. The summed E-state index contributed by atoms with van der Waals surface area (Å²) in [4.78, 5) is 1.40. The molecule has 0 spiro atoms. The maximum atomic E-state index is 12.4. The van der Waals surface area contributed by atoms with Crippen molar-refractivity contribution in [2.75, 3.05) is 46.0 Å². The Morgan fingerprint density at radius 3 is 2.62 bits per heavy atom. The molecule has 0 unspecified atom stereocenters. The first-order valence-electron chi connectivity index (χ1n) is 7.97. The smallest absolute Gasteiger partial charge is 0.242 e. The lowest BCUT2D eigenvalue weighted by Crippen LogP contribution is -3.14. The van der Waals surface area contributed by atoms with E-state index in [2.05, 4.69) is 4.72 Å². The molecule has 24 heavy (non-hydrogen) atoms. The number of sulfonamides is 1. The molecule has 0 amide bonds. The first-order chi connectivity index (χ1) is 11.4. The number of morpholine rings is 1. The van der Waals surface area contributed by atoms with Crippen LogP contribution in [0.2, 0.25) is 10.0 Å². The van der Waals surface area contributed by atoms with E-state index in [9.17, 15) is 8.42 Å². The molecule has 2 N–H and O–H groups in total. The Balaban J connectivity index is 1.93. The van der Waals surface area contributed by atoms with Gasteiger partial charge < -0.3 is 14.4 Å². The third-order valence-electron chi connectivity index (χ3n) is 3.77. The minimum Gasteiger partial charge on any atom is -0.492 e. The quantitative estimate of drug-likeness (QED) is 0.641. The van der Waals surface area contributed by atoms with E-state index in [1.165, 1.54) is 17.0 Å². The second-order valence-electron chi connectivity index (χ2n) is 5.51. The van der Waals surface area contributed by atoms with Gasteiger partial charge in [0.05, 0.1) is 36.4 Å². The minimum atomic E-state index is -3.70. The molecule has 0 aromatic heterocycles. The van der Waals surface area contributed by atoms with Crippen molar-refractivity contribution < 1.29 is 22.8 Å². The Labute approximate surface area is 153 Å². The number of nitrogens with one attached hydrogen (secondary N) is 2. The average molecular weight is 398 g/mol. The van der Waals surface area contributed by atoms with Gasteiger partial charge in [0, 0.05) is 19.0 Å². The fraction of sp³-hybridized carbons (Fsp3) is 0.600. The van der Waals surface area contributed by atoms with Crippen molar-refractivity contribution in [1.82, 2.24) is 4.72 Å². The number of hydrogen-bond donors (Lipinski definition) is 2. The second-order valence-corrected chi connectivity index (χ2v) is 8.06. The van der Waals surface area contributed by atoms with Gasteiger partial charge in [0.2, 0.25) is 10.0 Å². The van der Waals surface area contributed by atoms with Gasteiger partial charge in [-0.3, -0.25) is 0 Å². The molecule has 1 aliphatic rings. The Morgan fingerprint density at radius 1 is 1.25 bits per heavy atom. The highest BCUT2D eigenvalue weighted by atomic mass is 35.5. The Hall–Kier alpha value is -0.570. The van der Waals surface area contributed by atoms with Crippen LogP contribution in [0.25, 0.3) is 0 Å². The Kier molecular flexibility index (Phi) is 7.59. The third kappa shape index (κ3) is 5.47. The molecule has 0 aliphatic carbocycles. The van der Waals surface area contributed by atoms with Crippen LogP contribution in [-0.4, -0.2) is 54.4 Å². The molecule has 1 saturated heterocycles. The summed E-state index contributed by atoms with van der Waals surface area (Å²) >= 11 is 12.1. The molecular formula is C15H23Cl2N2O4S+. The van der Waals surface area contributed by atoms with E-state index < -0.39 is 10.0 Å². The van der Waals surface area contributed by atoms with Gasteiger partial charge in [0.15, 0.2) is 0 Å². The highest BCUT2D eigenvalue weighted by Gasteiger charge is 2.21. The van der Waals surface area contributed by atoms with Gasteiger partial charge in [-0.1, -0.05) is 23.2 Å². The molecule has 1 fully saturated rings. The minimum absolute atomic E-state index is 0.0312. The zero-order valence-corrected chi connectivity index (χ0v) is 15.9. The van der Waals surface area contributed by atoms with E-state index in [1.807, 2.05) is 6.92 Å². The third-order valence-corrected chi connectivity index (χ3v) is 6.00. The SMILES string of the molecule is CCOc1cc(Cl)c(S(=O)(=O)NCCC[NH+]2CCOCC2)cc1Cl. The van der Waals surface area contributed by atoms with E-state index in [0.29, 0.717) is 18.9 Å². The summed E-state index contributed by atoms with van der Waals surface area (Å²) in [6.07, 6.45) is 0.747. The Bertz CT molecular complexity index is 649. The highest BCUT2D eigenvalue weighted by molar-refractivity contribution is 7.89. The molecule has 6 nitrogen and oxygen atoms in total. The van der Waals surface area contributed by atoms with Crippen LogP contribution < -0.4 is 14.4 Å². The molecule has 0 saturated carbocycles. The second kappa shape index (κ2) is 9.22. The van der Waals surface area contributed by atoms with E-state index in [0.717, 1.165) is 39.3 Å². The van der Waals surface area contributed by atoms with Crippen molar-refractivity contribution in [1.29, 1.82) is 0 Å². The largest absolute Gasteiger partial charge is 0.492 e. The predicted molar refractivity (Wildman–Crippen MR) is 93.8 cm³/mol. The first-order valence-corrected chi connectivity index (χ1v) is 10.2. The normalized spacial score (nSPS) is 16.3. The van der Waals surface area contributed by atoms with E-state index in [-0.39, 0.29) is 14.9 Å². The summed E-state index contributed by atoms with van der Waals surface area (Å²) in [7, 11) is -3.70. The van der Waals surface area contributed by atoms with E-state index >= 15 is 0 Å². The lowest BCUT2D eigenvalue weighted by atomic mass is 10.3. The van der Waals surface area contributed by atoms with Crippen LogP contribution >= 0.6 is 23.2 Å². The number of rotatable bonds is 8. The van der Waals surface area contributed by atoms with Gasteiger partial charge in [-0.2, -0.15) is 0 Å². The van der Waals surface area contributed by atoms with Crippen molar-refractivity contribution >= 4 is 33.2 Å². The first kappa shape index (κ1) is 19.8. The molecule has 0 bridgehead atoms. The summed E-state index contributed by atoms with van der Waals surface area (Å²) < 4.78 is 38.0. The molecular weight excluding hydrogens is 375 g/mol. The zero-order valence-electron chi connectivity index (χ0n) is 13.6. The van der Waals surface area contributed by atoms with Crippen molar-refractivity contribution in [3.8, 4) is 5.75 Å². The molecule has 9 heteroatoms. The summed E-state index contributed by atoms with van der Waals surface area (Å²) in [5.41, 5.74) is 0. The van der Waals surface area contributed by atoms with Crippen LogP contribution in [0.3, 0.4) is 0 Å². The number of halogens is 2. The fourth-order valence-corrected chi connectivity index (χ4v) is 4.41. The van der Waals surface area contributed by atoms with Gasteiger partial charge in [-0.05, 0) is 13.0 Å². The van der Waals surface area contributed by atoms with Crippen molar-refractivity contribution in [2.45, 2.75) is 18.2 Å². The molecule has 1 aromatic rings. The van der Waals surface area contributed by atoms with Gasteiger partial charge in [0.1, 0.15) is 23.7 Å². The summed E-state index contributed by atoms with van der Waals surface area (Å²) in [5.74, 6) is 0.374. The lowest BCUT2D eigenvalue weighted by molar-refractivity contribution is -0.908. The van der Waals surface area contributed by atoms with Gasteiger partial charge in [-0.25, -0.2) is 13.1 Å². The van der Waals surface area contributed by atoms with Crippen molar-refractivity contribution in [3.05, 3.63) is 22.2 Å². The molecule has 1 heterocycles. The average Bonchev–Trinajstić information content (AvgIpc) is 2.56.